The Labute approximate surface area is 194 Å². The number of alkyl halides is 3. The predicted octanol–water partition coefficient (Wildman–Crippen LogP) is 5.27. The van der Waals surface area contributed by atoms with Crippen LogP contribution in [0, 0.1) is 0 Å². The van der Waals surface area contributed by atoms with E-state index in [9.17, 15) is 18.0 Å². The van der Waals surface area contributed by atoms with Crippen molar-refractivity contribution in [1.29, 1.82) is 0 Å². The van der Waals surface area contributed by atoms with Crippen LogP contribution in [0.15, 0.2) is 66.7 Å². The third-order valence-electron chi connectivity index (χ3n) is 5.57. The lowest BCUT2D eigenvalue weighted by molar-refractivity contribution is -0.138. The molecule has 3 aromatic rings. The van der Waals surface area contributed by atoms with Gasteiger partial charge in [-0.3, -0.25) is 9.69 Å². The van der Waals surface area contributed by atoms with Crippen LogP contribution in [0.1, 0.15) is 17.2 Å². The maximum atomic E-state index is 13.3. The number of benzene rings is 3. The van der Waals surface area contributed by atoms with Gasteiger partial charge in [-0.1, -0.05) is 12.1 Å². The van der Waals surface area contributed by atoms with Crippen molar-refractivity contribution in [1.82, 2.24) is 0 Å². The summed E-state index contributed by atoms with van der Waals surface area (Å²) >= 11 is 0. The third-order valence-corrected chi connectivity index (χ3v) is 5.57. The van der Waals surface area contributed by atoms with Gasteiger partial charge in [-0.25, -0.2) is 0 Å². The molecule has 0 aliphatic carbocycles. The molecule has 0 radical (unpaired) electrons. The minimum Gasteiger partial charge on any atom is -0.497 e. The molecule has 0 unspecified atom stereocenters. The number of ether oxygens (including phenoxy) is 4. The van der Waals surface area contributed by atoms with E-state index in [1.807, 2.05) is 0 Å². The SMILES string of the molecule is COc1ccc(O[C@@H]2C(=O)N(c3cccc(C(F)(F)F)c3)[C@@H]2c2ccc(OC)c(OC)c2)cc1. The number of hydrogen-bond acceptors (Lipinski definition) is 5. The van der Waals surface area contributed by atoms with Gasteiger partial charge in [-0.05, 0) is 60.2 Å². The number of nitrogens with zero attached hydrogens (tertiary/aromatic N) is 1. The van der Waals surface area contributed by atoms with Crippen molar-refractivity contribution in [3.63, 3.8) is 0 Å². The second-order valence-electron chi connectivity index (χ2n) is 7.53. The lowest BCUT2D eigenvalue weighted by Gasteiger charge is -2.46. The zero-order valence-corrected chi connectivity index (χ0v) is 18.6. The van der Waals surface area contributed by atoms with Gasteiger partial charge in [0.05, 0.1) is 26.9 Å². The lowest BCUT2D eigenvalue weighted by atomic mass is 9.89. The van der Waals surface area contributed by atoms with Gasteiger partial charge in [0.25, 0.3) is 5.91 Å². The van der Waals surface area contributed by atoms with E-state index in [4.69, 9.17) is 18.9 Å². The van der Waals surface area contributed by atoms with Gasteiger partial charge in [-0.2, -0.15) is 13.2 Å². The Bertz CT molecular complexity index is 1180. The molecule has 1 heterocycles. The molecule has 9 heteroatoms. The van der Waals surface area contributed by atoms with Crippen LogP contribution < -0.4 is 23.8 Å². The van der Waals surface area contributed by atoms with Gasteiger partial charge < -0.3 is 18.9 Å². The summed E-state index contributed by atoms with van der Waals surface area (Å²) in [6.07, 6.45) is -5.50. The van der Waals surface area contributed by atoms with Gasteiger partial charge in [0.15, 0.2) is 11.5 Å². The van der Waals surface area contributed by atoms with E-state index in [-0.39, 0.29) is 5.69 Å². The fourth-order valence-electron chi connectivity index (χ4n) is 3.86. The maximum absolute atomic E-state index is 13.3. The normalized spacial score (nSPS) is 17.7. The summed E-state index contributed by atoms with van der Waals surface area (Å²) in [5.41, 5.74) is -0.106. The standard InChI is InChI=1S/C25H22F3NO5/c1-31-18-8-10-19(11-9-18)34-23-22(15-7-12-20(32-2)21(13-15)33-3)29(24(23)30)17-6-4-5-16(14-17)25(26,27)28/h4-14,22-23H,1-3H3/t22-,23+/m1/s1. The first-order valence-electron chi connectivity index (χ1n) is 10.3. The second kappa shape index (κ2) is 9.17. The molecular formula is C25H22F3NO5. The molecule has 0 spiro atoms. The molecule has 1 saturated heterocycles. The highest BCUT2D eigenvalue weighted by atomic mass is 19.4. The predicted molar refractivity (Wildman–Crippen MR) is 119 cm³/mol. The Morgan fingerprint density at radius 2 is 1.47 bits per heavy atom. The second-order valence-corrected chi connectivity index (χ2v) is 7.53. The third kappa shape index (κ3) is 4.33. The minimum atomic E-state index is -4.54. The number of amides is 1. The number of carbonyl (C=O) groups is 1. The van der Waals surface area contributed by atoms with Gasteiger partial charge in [0.2, 0.25) is 6.10 Å². The molecule has 1 amide bonds. The zero-order valence-electron chi connectivity index (χ0n) is 18.6. The molecule has 4 rings (SSSR count). The molecule has 0 aromatic heterocycles. The van der Waals surface area contributed by atoms with E-state index in [2.05, 4.69) is 0 Å². The first kappa shape index (κ1) is 23.3. The number of halogens is 3. The number of hydrogen-bond donors (Lipinski definition) is 0. The van der Waals surface area contributed by atoms with Crippen molar-refractivity contribution in [3.8, 4) is 23.0 Å². The summed E-state index contributed by atoms with van der Waals surface area (Å²) in [6.45, 7) is 0. The number of methoxy groups -OCH3 is 3. The van der Waals surface area contributed by atoms with Crippen LogP contribution in [0.5, 0.6) is 23.0 Å². The molecule has 3 aromatic carbocycles. The lowest BCUT2D eigenvalue weighted by Crippen LogP contribution is -2.61. The smallest absolute Gasteiger partial charge is 0.416 e. The van der Waals surface area contributed by atoms with Crippen molar-refractivity contribution >= 4 is 11.6 Å². The Morgan fingerprint density at radius 3 is 2.09 bits per heavy atom. The van der Waals surface area contributed by atoms with Crippen molar-refractivity contribution < 1.29 is 36.9 Å². The summed E-state index contributed by atoms with van der Waals surface area (Å²) < 4.78 is 61.7. The summed E-state index contributed by atoms with van der Waals surface area (Å²) in [6, 6.07) is 15.7. The summed E-state index contributed by atoms with van der Waals surface area (Å²) in [5.74, 6) is 1.49. The molecule has 0 bridgehead atoms. The average molecular weight is 473 g/mol. The Morgan fingerprint density at radius 1 is 0.794 bits per heavy atom. The van der Waals surface area contributed by atoms with E-state index >= 15 is 0 Å². The van der Waals surface area contributed by atoms with Crippen LogP contribution in [0.4, 0.5) is 18.9 Å². The average Bonchev–Trinajstić information content (AvgIpc) is 2.85. The summed E-state index contributed by atoms with van der Waals surface area (Å²) in [7, 11) is 4.50. The van der Waals surface area contributed by atoms with Crippen molar-refractivity contribution in [3.05, 3.63) is 77.9 Å². The van der Waals surface area contributed by atoms with E-state index < -0.39 is 29.8 Å². The van der Waals surface area contributed by atoms with Gasteiger partial charge in [0.1, 0.15) is 17.5 Å². The topological polar surface area (TPSA) is 57.2 Å². The van der Waals surface area contributed by atoms with Crippen LogP contribution in [-0.4, -0.2) is 33.3 Å². The van der Waals surface area contributed by atoms with Crippen LogP contribution >= 0.6 is 0 Å². The van der Waals surface area contributed by atoms with Gasteiger partial charge >= 0.3 is 6.18 Å². The van der Waals surface area contributed by atoms with E-state index in [0.717, 1.165) is 12.1 Å². The fourth-order valence-corrected chi connectivity index (χ4v) is 3.86. The molecule has 1 fully saturated rings. The van der Waals surface area contributed by atoms with Gasteiger partial charge in [-0.15, -0.1) is 0 Å². The number of anilines is 1. The first-order chi connectivity index (χ1) is 16.3. The Hall–Kier alpha value is -3.88. The summed E-state index contributed by atoms with van der Waals surface area (Å²) in [5, 5.41) is 0. The largest absolute Gasteiger partial charge is 0.497 e. The molecule has 2 atom stereocenters. The number of carbonyl (C=O) groups excluding carboxylic acids is 1. The van der Waals surface area contributed by atoms with E-state index in [0.29, 0.717) is 28.6 Å². The fraction of sp³-hybridized carbons (Fsp3) is 0.240. The van der Waals surface area contributed by atoms with Crippen LogP contribution in [0.2, 0.25) is 0 Å². The molecular weight excluding hydrogens is 451 g/mol. The van der Waals surface area contributed by atoms with E-state index in [1.54, 1.807) is 42.5 Å². The Kier molecular flexibility index (Phi) is 6.28. The highest BCUT2D eigenvalue weighted by Gasteiger charge is 2.51. The molecule has 0 saturated carbocycles. The van der Waals surface area contributed by atoms with E-state index in [1.165, 1.54) is 38.4 Å². The van der Waals surface area contributed by atoms with Crippen LogP contribution in [0.25, 0.3) is 0 Å². The number of β-lactam (4-membered cyclic amide) rings is 1. The highest BCUT2D eigenvalue weighted by Crippen LogP contribution is 2.44. The van der Waals surface area contributed by atoms with Crippen molar-refractivity contribution in [2.24, 2.45) is 0 Å². The monoisotopic (exact) mass is 473 g/mol. The Balaban J connectivity index is 1.73. The quantitative estimate of drug-likeness (QED) is 0.438. The first-order valence-corrected chi connectivity index (χ1v) is 10.3. The molecule has 1 aliphatic rings. The molecule has 34 heavy (non-hydrogen) atoms. The molecule has 178 valence electrons. The van der Waals surface area contributed by atoms with Crippen molar-refractivity contribution in [2.45, 2.75) is 18.3 Å². The maximum Gasteiger partial charge on any atom is 0.416 e. The van der Waals surface area contributed by atoms with Crippen LogP contribution in [0.3, 0.4) is 0 Å². The number of rotatable bonds is 7. The zero-order chi connectivity index (χ0) is 24.5. The highest BCUT2D eigenvalue weighted by molar-refractivity contribution is 6.05. The molecule has 1 aliphatic heterocycles. The molecule has 0 N–H and O–H groups in total. The van der Waals surface area contributed by atoms with Crippen LogP contribution in [-0.2, 0) is 11.0 Å². The minimum absolute atomic E-state index is 0.120. The molecule has 6 nitrogen and oxygen atoms in total. The summed E-state index contributed by atoms with van der Waals surface area (Å²) in [4.78, 5) is 14.4. The van der Waals surface area contributed by atoms with Crippen molar-refractivity contribution in [2.75, 3.05) is 26.2 Å². The van der Waals surface area contributed by atoms with Gasteiger partial charge in [0, 0.05) is 5.69 Å².